The molecule has 2 aromatic rings. The van der Waals surface area contributed by atoms with Crippen LogP contribution in [0, 0.1) is 17.1 Å². The molecule has 0 aliphatic carbocycles. The van der Waals surface area contributed by atoms with Crippen LogP contribution in [0.1, 0.15) is 5.56 Å². The highest BCUT2D eigenvalue weighted by Crippen LogP contribution is 2.25. The molecule has 21 heavy (non-hydrogen) atoms. The number of halogens is 2. The minimum atomic E-state index is -0.396. The van der Waals surface area contributed by atoms with Gasteiger partial charge in [0.15, 0.2) is 6.61 Å². The Kier molecular flexibility index (Phi) is 4.90. The Labute approximate surface area is 129 Å². The van der Waals surface area contributed by atoms with E-state index in [2.05, 4.69) is 21.2 Å². The lowest BCUT2D eigenvalue weighted by Gasteiger charge is -2.09. The van der Waals surface area contributed by atoms with Gasteiger partial charge in [0.25, 0.3) is 5.91 Å². The van der Waals surface area contributed by atoms with Crippen molar-refractivity contribution in [3.05, 3.63) is 58.3 Å². The largest absolute Gasteiger partial charge is 0.483 e. The number of benzene rings is 2. The first-order valence-electron chi connectivity index (χ1n) is 5.96. The van der Waals surface area contributed by atoms with Crippen molar-refractivity contribution in [2.45, 2.75) is 0 Å². The first kappa shape index (κ1) is 15.0. The Hall–Kier alpha value is -2.39. The summed E-state index contributed by atoms with van der Waals surface area (Å²) in [6, 6.07) is 12.5. The predicted molar refractivity (Wildman–Crippen MR) is 79.4 cm³/mol. The van der Waals surface area contributed by atoms with Crippen LogP contribution in [-0.2, 0) is 4.79 Å². The van der Waals surface area contributed by atoms with Crippen molar-refractivity contribution < 1.29 is 13.9 Å². The third-order valence-electron chi connectivity index (χ3n) is 2.53. The SMILES string of the molecule is N#Cc1cccc(NC(=O)COc2ccc(F)cc2Br)c1. The molecule has 0 bridgehead atoms. The molecule has 4 nitrogen and oxygen atoms in total. The number of anilines is 1. The standard InChI is InChI=1S/C15H10BrFN2O2/c16-13-7-11(17)4-5-14(13)21-9-15(20)19-12-3-1-2-10(6-12)8-18/h1-7H,9H2,(H,19,20). The number of hydrogen-bond donors (Lipinski definition) is 1. The lowest BCUT2D eigenvalue weighted by molar-refractivity contribution is -0.118. The smallest absolute Gasteiger partial charge is 0.262 e. The summed E-state index contributed by atoms with van der Waals surface area (Å²) in [5.74, 6) is -0.398. The fourth-order valence-corrected chi connectivity index (χ4v) is 2.06. The Morgan fingerprint density at radius 2 is 2.14 bits per heavy atom. The number of amides is 1. The molecule has 0 heterocycles. The van der Waals surface area contributed by atoms with Crippen molar-refractivity contribution in [3.63, 3.8) is 0 Å². The van der Waals surface area contributed by atoms with Gasteiger partial charge in [-0.3, -0.25) is 4.79 Å². The normalized spacial score (nSPS) is 9.76. The summed E-state index contributed by atoms with van der Waals surface area (Å²) in [4.78, 5) is 11.8. The number of carbonyl (C=O) groups excluding carboxylic acids is 1. The van der Waals surface area contributed by atoms with Crippen LogP contribution >= 0.6 is 15.9 Å². The molecule has 0 unspecified atom stereocenters. The molecule has 0 saturated heterocycles. The summed E-state index contributed by atoms with van der Waals surface area (Å²) >= 11 is 3.15. The second-order valence-electron chi connectivity index (χ2n) is 4.10. The first-order chi connectivity index (χ1) is 10.1. The number of nitrogens with one attached hydrogen (secondary N) is 1. The maximum absolute atomic E-state index is 12.9. The van der Waals surface area contributed by atoms with Crippen LogP contribution in [0.3, 0.4) is 0 Å². The lowest BCUT2D eigenvalue weighted by atomic mass is 10.2. The van der Waals surface area contributed by atoms with Gasteiger partial charge in [0.2, 0.25) is 0 Å². The van der Waals surface area contributed by atoms with Gasteiger partial charge in [-0.05, 0) is 52.3 Å². The highest BCUT2D eigenvalue weighted by Gasteiger charge is 2.07. The van der Waals surface area contributed by atoms with Crippen LogP contribution in [0.2, 0.25) is 0 Å². The van der Waals surface area contributed by atoms with E-state index in [1.54, 1.807) is 24.3 Å². The van der Waals surface area contributed by atoms with Crippen LogP contribution in [0.25, 0.3) is 0 Å². The fraction of sp³-hybridized carbons (Fsp3) is 0.0667. The predicted octanol–water partition coefficient (Wildman–Crippen LogP) is 3.48. The quantitative estimate of drug-likeness (QED) is 0.919. The summed E-state index contributed by atoms with van der Waals surface area (Å²) in [6.45, 7) is -0.221. The van der Waals surface area contributed by atoms with Crippen LogP contribution in [0.15, 0.2) is 46.9 Å². The van der Waals surface area contributed by atoms with Gasteiger partial charge < -0.3 is 10.1 Å². The van der Waals surface area contributed by atoms with Crippen LogP contribution in [0.5, 0.6) is 5.75 Å². The Morgan fingerprint density at radius 3 is 2.86 bits per heavy atom. The molecule has 1 amide bonds. The number of nitrogens with zero attached hydrogens (tertiary/aromatic N) is 1. The molecule has 0 aromatic heterocycles. The van der Waals surface area contributed by atoms with Crippen molar-refractivity contribution in [2.24, 2.45) is 0 Å². The van der Waals surface area contributed by atoms with Crippen LogP contribution in [-0.4, -0.2) is 12.5 Å². The number of carbonyl (C=O) groups is 1. The van der Waals surface area contributed by atoms with Crippen LogP contribution in [0.4, 0.5) is 10.1 Å². The van der Waals surface area contributed by atoms with Crippen molar-refractivity contribution >= 4 is 27.5 Å². The zero-order chi connectivity index (χ0) is 15.2. The molecule has 1 N–H and O–H groups in total. The van der Waals surface area contributed by atoms with E-state index in [1.165, 1.54) is 18.2 Å². The minimum Gasteiger partial charge on any atom is -0.483 e. The molecular formula is C15H10BrFN2O2. The summed E-state index contributed by atoms with van der Waals surface area (Å²) < 4.78 is 18.6. The second-order valence-corrected chi connectivity index (χ2v) is 4.96. The summed E-state index contributed by atoms with van der Waals surface area (Å²) in [5, 5.41) is 11.4. The van der Waals surface area contributed by atoms with E-state index in [0.717, 1.165) is 0 Å². The zero-order valence-electron chi connectivity index (χ0n) is 10.8. The van der Waals surface area contributed by atoms with Crippen LogP contribution < -0.4 is 10.1 Å². The van der Waals surface area contributed by atoms with Crippen molar-refractivity contribution in [1.82, 2.24) is 0 Å². The van der Waals surface area contributed by atoms with Gasteiger partial charge in [0, 0.05) is 5.69 Å². The molecule has 6 heteroatoms. The fourth-order valence-electron chi connectivity index (χ4n) is 1.60. The number of rotatable bonds is 4. The first-order valence-corrected chi connectivity index (χ1v) is 6.75. The second kappa shape index (κ2) is 6.86. The van der Waals surface area contributed by atoms with E-state index in [0.29, 0.717) is 21.5 Å². The number of ether oxygens (including phenoxy) is 1. The topological polar surface area (TPSA) is 62.1 Å². The molecule has 2 rings (SSSR count). The van der Waals surface area contributed by atoms with Gasteiger partial charge in [-0.2, -0.15) is 5.26 Å². The average molecular weight is 349 g/mol. The number of nitriles is 1. The van der Waals surface area contributed by atoms with Gasteiger partial charge in [-0.15, -0.1) is 0 Å². The van der Waals surface area contributed by atoms with E-state index < -0.39 is 5.82 Å². The molecule has 0 aliphatic heterocycles. The van der Waals surface area contributed by atoms with E-state index in [1.807, 2.05) is 6.07 Å². The Bertz CT molecular complexity index is 713. The maximum atomic E-state index is 12.9. The summed E-state index contributed by atoms with van der Waals surface area (Å²) in [7, 11) is 0. The Morgan fingerprint density at radius 1 is 1.33 bits per heavy atom. The van der Waals surface area contributed by atoms with Gasteiger partial charge in [0.05, 0.1) is 16.1 Å². The molecule has 106 valence electrons. The molecule has 0 radical (unpaired) electrons. The number of hydrogen-bond acceptors (Lipinski definition) is 3. The van der Waals surface area contributed by atoms with Gasteiger partial charge in [0.1, 0.15) is 11.6 Å². The van der Waals surface area contributed by atoms with E-state index in [4.69, 9.17) is 10.00 Å². The third-order valence-corrected chi connectivity index (χ3v) is 3.15. The monoisotopic (exact) mass is 348 g/mol. The molecule has 0 saturated carbocycles. The maximum Gasteiger partial charge on any atom is 0.262 e. The Balaban J connectivity index is 1.94. The van der Waals surface area contributed by atoms with Gasteiger partial charge >= 0.3 is 0 Å². The zero-order valence-corrected chi connectivity index (χ0v) is 12.4. The van der Waals surface area contributed by atoms with Gasteiger partial charge in [-0.1, -0.05) is 6.07 Å². The molecule has 2 aromatic carbocycles. The average Bonchev–Trinajstić information content (AvgIpc) is 2.46. The molecule has 0 atom stereocenters. The van der Waals surface area contributed by atoms with Crippen molar-refractivity contribution in [1.29, 1.82) is 5.26 Å². The van der Waals surface area contributed by atoms with Crippen molar-refractivity contribution in [2.75, 3.05) is 11.9 Å². The third kappa shape index (κ3) is 4.29. The van der Waals surface area contributed by atoms with E-state index >= 15 is 0 Å². The molecule has 0 fully saturated rings. The molecule has 0 aliphatic rings. The summed E-state index contributed by atoms with van der Waals surface area (Å²) in [6.07, 6.45) is 0. The minimum absolute atomic E-state index is 0.221. The highest BCUT2D eigenvalue weighted by atomic mass is 79.9. The van der Waals surface area contributed by atoms with E-state index in [-0.39, 0.29) is 12.5 Å². The lowest BCUT2D eigenvalue weighted by Crippen LogP contribution is -2.20. The van der Waals surface area contributed by atoms with Gasteiger partial charge in [-0.25, -0.2) is 4.39 Å². The van der Waals surface area contributed by atoms with Crippen molar-refractivity contribution in [3.8, 4) is 11.8 Å². The molecular weight excluding hydrogens is 339 g/mol. The highest BCUT2D eigenvalue weighted by molar-refractivity contribution is 9.10. The molecule has 0 spiro atoms. The summed E-state index contributed by atoms with van der Waals surface area (Å²) in [5.41, 5.74) is 0.968. The van der Waals surface area contributed by atoms with E-state index in [9.17, 15) is 9.18 Å².